The Balaban J connectivity index is 2.24. The van der Waals surface area contributed by atoms with Crippen LogP contribution in [0.2, 0.25) is 0 Å². The van der Waals surface area contributed by atoms with Crippen LogP contribution in [-0.4, -0.2) is 27.7 Å². The molecule has 0 bridgehead atoms. The first-order valence-electron chi connectivity index (χ1n) is 6.88. The number of aromatic nitrogens is 3. The topological polar surface area (TPSA) is 68.2 Å². The molecule has 3 N–H and O–H groups in total. The maximum absolute atomic E-state index is 5.94. The number of aryl methyl sites for hydroxylation is 1. The minimum absolute atomic E-state index is 0.149. The number of rotatable bonds is 6. The summed E-state index contributed by atoms with van der Waals surface area (Å²) < 4.78 is 1.83. The van der Waals surface area contributed by atoms with E-state index in [1.807, 2.05) is 10.6 Å². The number of nitrogens with two attached hydrogens (primary N) is 1. The molecule has 5 heteroatoms. The first kappa shape index (κ1) is 13.8. The summed E-state index contributed by atoms with van der Waals surface area (Å²) in [5.74, 6) is 0.979. The van der Waals surface area contributed by atoms with Gasteiger partial charge in [0.1, 0.15) is 12.1 Å². The average Bonchev–Trinajstić information content (AvgIpc) is 2.88. The van der Waals surface area contributed by atoms with E-state index < -0.39 is 0 Å². The van der Waals surface area contributed by atoms with Gasteiger partial charge in [-0.05, 0) is 49.4 Å². The zero-order valence-corrected chi connectivity index (χ0v) is 12.0. The van der Waals surface area contributed by atoms with Gasteiger partial charge in [0.2, 0.25) is 0 Å². The molecule has 2 aromatic heterocycles. The molecular weight excluding hydrogens is 238 g/mol. The van der Waals surface area contributed by atoms with E-state index in [0.29, 0.717) is 6.54 Å². The zero-order chi connectivity index (χ0) is 13.9. The smallest absolute Gasteiger partial charge is 0.157 e. The van der Waals surface area contributed by atoms with E-state index in [4.69, 9.17) is 5.73 Å². The van der Waals surface area contributed by atoms with Crippen LogP contribution in [0, 0.1) is 12.3 Å². The van der Waals surface area contributed by atoms with Gasteiger partial charge in [-0.25, -0.2) is 4.98 Å². The summed E-state index contributed by atoms with van der Waals surface area (Å²) in [6.45, 7) is 8.00. The van der Waals surface area contributed by atoms with Crippen LogP contribution in [0.4, 0.5) is 5.82 Å². The maximum Gasteiger partial charge on any atom is 0.157 e. The van der Waals surface area contributed by atoms with Crippen LogP contribution in [0.25, 0.3) is 5.65 Å². The van der Waals surface area contributed by atoms with E-state index >= 15 is 0 Å². The number of hydrogen-bond acceptors (Lipinski definition) is 4. The summed E-state index contributed by atoms with van der Waals surface area (Å²) in [6, 6.07) is 4.11. The van der Waals surface area contributed by atoms with Crippen molar-refractivity contribution in [1.29, 1.82) is 0 Å². The van der Waals surface area contributed by atoms with E-state index in [-0.39, 0.29) is 5.41 Å². The first-order valence-corrected chi connectivity index (χ1v) is 6.88. The minimum atomic E-state index is 0.149. The van der Waals surface area contributed by atoms with Crippen molar-refractivity contribution in [2.45, 2.75) is 33.6 Å². The highest BCUT2D eigenvalue weighted by molar-refractivity contribution is 5.51. The summed E-state index contributed by atoms with van der Waals surface area (Å²) in [5.41, 5.74) is 8.13. The van der Waals surface area contributed by atoms with E-state index in [0.717, 1.165) is 30.9 Å². The average molecular weight is 261 g/mol. The molecule has 5 nitrogen and oxygen atoms in total. The van der Waals surface area contributed by atoms with Gasteiger partial charge in [0, 0.05) is 6.54 Å². The number of anilines is 1. The van der Waals surface area contributed by atoms with Gasteiger partial charge < -0.3 is 11.1 Å². The summed E-state index contributed by atoms with van der Waals surface area (Å²) >= 11 is 0. The van der Waals surface area contributed by atoms with Crippen LogP contribution >= 0.6 is 0 Å². The van der Waals surface area contributed by atoms with Crippen LogP contribution in [0.3, 0.4) is 0 Å². The number of nitrogens with zero attached hydrogens (tertiary/aromatic N) is 3. The lowest BCUT2D eigenvalue weighted by Gasteiger charge is -2.30. The van der Waals surface area contributed by atoms with E-state index in [2.05, 4.69) is 42.2 Å². The fourth-order valence-corrected chi connectivity index (χ4v) is 2.32. The molecule has 104 valence electrons. The number of hydrogen-bond donors (Lipinski definition) is 2. The second-order valence-electron chi connectivity index (χ2n) is 5.21. The maximum atomic E-state index is 5.94. The molecule has 0 spiro atoms. The molecule has 2 rings (SSSR count). The van der Waals surface area contributed by atoms with Gasteiger partial charge >= 0.3 is 0 Å². The lowest BCUT2D eigenvalue weighted by molar-refractivity contribution is 0.294. The summed E-state index contributed by atoms with van der Waals surface area (Å²) in [5, 5.41) is 7.74. The Hall–Kier alpha value is -1.62. The molecule has 0 aromatic carbocycles. The van der Waals surface area contributed by atoms with Gasteiger partial charge in [0.15, 0.2) is 5.65 Å². The molecule has 2 aromatic rings. The van der Waals surface area contributed by atoms with Crippen molar-refractivity contribution >= 4 is 11.5 Å². The SMILES string of the molecule is CCC(CC)(CN)CNc1cc(C)cc2ncnn12. The Bertz CT molecular complexity index is 533. The second kappa shape index (κ2) is 5.57. The summed E-state index contributed by atoms with van der Waals surface area (Å²) in [4.78, 5) is 4.23. The van der Waals surface area contributed by atoms with Crippen molar-refractivity contribution in [1.82, 2.24) is 14.6 Å². The lowest BCUT2D eigenvalue weighted by atomic mass is 9.82. The highest BCUT2D eigenvalue weighted by Crippen LogP contribution is 2.25. The van der Waals surface area contributed by atoms with Crippen molar-refractivity contribution in [3.63, 3.8) is 0 Å². The first-order chi connectivity index (χ1) is 9.14. The third-order valence-electron chi connectivity index (χ3n) is 4.10. The fraction of sp³-hybridized carbons (Fsp3) is 0.571. The van der Waals surface area contributed by atoms with Crippen molar-refractivity contribution in [3.05, 3.63) is 24.0 Å². The highest BCUT2D eigenvalue weighted by atomic mass is 15.3. The molecule has 0 atom stereocenters. The molecular formula is C14H23N5. The van der Waals surface area contributed by atoms with Crippen LogP contribution in [-0.2, 0) is 0 Å². The van der Waals surface area contributed by atoms with Crippen molar-refractivity contribution in [2.24, 2.45) is 11.1 Å². The van der Waals surface area contributed by atoms with E-state index in [1.165, 1.54) is 5.56 Å². The van der Waals surface area contributed by atoms with E-state index in [1.54, 1.807) is 6.33 Å². The van der Waals surface area contributed by atoms with Gasteiger partial charge in [-0.2, -0.15) is 9.61 Å². The molecule has 0 saturated heterocycles. The van der Waals surface area contributed by atoms with Gasteiger partial charge in [-0.15, -0.1) is 0 Å². The molecule has 0 unspecified atom stereocenters. The van der Waals surface area contributed by atoms with Crippen molar-refractivity contribution < 1.29 is 0 Å². The molecule has 19 heavy (non-hydrogen) atoms. The molecule has 0 amide bonds. The third-order valence-corrected chi connectivity index (χ3v) is 4.10. The number of fused-ring (bicyclic) bond motifs is 1. The van der Waals surface area contributed by atoms with Crippen LogP contribution < -0.4 is 11.1 Å². The van der Waals surface area contributed by atoms with Gasteiger partial charge in [0.25, 0.3) is 0 Å². The van der Waals surface area contributed by atoms with Crippen LogP contribution in [0.1, 0.15) is 32.3 Å². The molecule has 2 heterocycles. The largest absolute Gasteiger partial charge is 0.369 e. The Morgan fingerprint density at radius 2 is 2.05 bits per heavy atom. The van der Waals surface area contributed by atoms with E-state index in [9.17, 15) is 0 Å². The molecule has 0 fully saturated rings. The minimum Gasteiger partial charge on any atom is -0.369 e. The fourth-order valence-electron chi connectivity index (χ4n) is 2.32. The van der Waals surface area contributed by atoms with Gasteiger partial charge in [-0.3, -0.25) is 0 Å². The molecule has 0 aliphatic carbocycles. The predicted molar refractivity (Wildman–Crippen MR) is 78.3 cm³/mol. The van der Waals surface area contributed by atoms with Gasteiger partial charge in [-0.1, -0.05) is 13.8 Å². The number of nitrogens with one attached hydrogen (secondary N) is 1. The second-order valence-corrected chi connectivity index (χ2v) is 5.21. The predicted octanol–water partition coefficient (Wildman–Crippen LogP) is 2.21. The Morgan fingerprint density at radius 3 is 2.68 bits per heavy atom. The standard InChI is InChI=1S/C14H23N5/c1-4-14(5-2,8-15)9-16-12-6-11(3)7-13-17-10-18-19(12)13/h6-7,10,16H,4-5,8-9,15H2,1-3H3. The lowest BCUT2D eigenvalue weighted by Crippen LogP contribution is -2.36. The molecule has 0 radical (unpaired) electrons. The number of pyridine rings is 1. The van der Waals surface area contributed by atoms with Crippen molar-refractivity contribution in [2.75, 3.05) is 18.4 Å². The Kier molecular flexibility index (Phi) is 4.04. The molecule has 0 aliphatic rings. The highest BCUT2D eigenvalue weighted by Gasteiger charge is 2.24. The Morgan fingerprint density at radius 1 is 1.32 bits per heavy atom. The summed E-state index contributed by atoms with van der Waals surface area (Å²) in [7, 11) is 0. The van der Waals surface area contributed by atoms with Crippen molar-refractivity contribution in [3.8, 4) is 0 Å². The quantitative estimate of drug-likeness (QED) is 0.836. The van der Waals surface area contributed by atoms with Gasteiger partial charge in [0.05, 0.1) is 0 Å². The van der Waals surface area contributed by atoms with Crippen LogP contribution in [0.15, 0.2) is 18.5 Å². The normalized spacial score (nSPS) is 12.0. The summed E-state index contributed by atoms with van der Waals surface area (Å²) in [6.07, 6.45) is 3.72. The molecule has 0 saturated carbocycles. The van der Waals surface area contributed by atoms with Crippen LogP contribution in [0.5, 0.6) is 0 Å². The third kappa shape index (κ3) is 2.71. The zero-order valence-electron chi connectivity index (χ0n) is 12.0. The molecule has 0 aliphatic heterocycles. The monoisotopic (exact) mass is 261 g/mol. The Labute approximate surface area is 114 Å².